The molecule has 3 aliphatic rings. The largest absolute Gasteiger partial charge is 0.423 e. The third kappa shape index (κ3) is 3.58. The average molecular weight is 413 g/mol. The van der Waals surface area contributed by atoms with Gasteiger partial charge in [0.15, 0.2) is 5.58 Å². The Labute approximate surface area is 177 Å². The molecule has 1 amide bonds. The van der Waals surface area contributed by atoms with Gasteiger partial charge >= 0.3 is 0 Å². The minimum atomic E-state index is -0.0397. The second kappa shape index (κ2) is 8.19. The van der Waals surface area contributed by atoms with Gasteiger partial charge in [0.1, 0.15) is 5.52 Å². The van der Waals surface area contributed by atoms with Crippen LogP contribution in [0.15, 0.2) is 22.6 Å². The maximum atomic E-state index is 13.2. The number of aromatic nitrogens is 1. The zero-order chi connectivity index (χ0) is 20.7. The van der Waals surface area contributed by atoms with Crippen LogP contribution < -0.4 is 10.2 Å². The average Bonchev–Trinajstić information content (AvgIpc) is 3.18. The van der Waals surface area contributed by atoms with E-state index in [4.69, 9.17) is 14.1 Å². The van der Waals surface area contributed by atoms with E-state index in [1.165, 1.54) is 19.3 Å². The van der Waals surface area contributed by atoms with Gasteiger partial charge in [-0.3, -0.25) is 4.79 Å². The predicted molar refractivity (Wildman–Crippen MR) is 116 cm³/mol. The number of fused-ring (bicyclic) bond motifs is 3. The standard InChI is InChI=1S/C23H32N4O3/c1-3-16-14-29-11-10-27(16)23-25-21-19(8-5-9-20(21)30-23)22(28)24-15-12-17-6-4-7-18(13-15)26(17)2/h5,8-9,15-18H,3-4,6-7,10-14H2,1-2H3,(H,24,28)/t15?,16-,17?,18?/m1/s1. The van der Waals surface area contributed by atoms with Crippen molar-refractivity contribution in [2.75, 3.05) is 31.7 Å². The van der Waals surface area contributed by atoms with Gasteiger partial charge in [0, 0.05) is 24.7 Å². The molecule has 3 aliphatic heterocycles. The number of carbonyl (C=O) groups is 1. The first-order chi connectivity index (χ1) is 14.6. The van der Waals surface area contributed by atoms with E-state index in [0.29, 0.717) is 48.0 Å². The zero-order valence-electron chi connectivity index (χ0n) is 18.0. The molecule has 2 unspecified atom stereocenters. The van der Waals surface area contributed by atoms with Gasteiger partial charge in [0.2, 0.25) is 0 Å². The molecule has 7 nitrogen and oxygen atoms in total. The van der Waals surface area contributed by atoms with Crippen LogP contribution in [0.4, 0.5) is 6.01 Å². The second-order valence-corrected chi connectivity index (χ2v) is 9.02. The quantitative estimate of drug-likeness (QED) is 0.832. The summed E-state index contributed by atoms with van der Waals surface area (Å²) in [7, 11) is 2.24. The molecule has 5 rings (SSSR count). The smallest absolute Gasteiger partial charge is 0.298 e. The fourth-order valence-electron chi connectivity index (χ4n) is 5.48. The molecule has 2 bridgehead atoms. The summed E-state index contributed by atoms with van der Waals surface area (Å²) in [4.78, 5) is 22.6. The lowest BCUT2D eigenvalue weighted by Gasteiger charge is -2.47. The molecule has 2 aromatic rings. The number of rotatable bonds is 4. The number of hydrogen-bond donors (Lipinski definition) is 1. The van der Waals surface area contributed by atoms with E-state index in [9.17, 15) is 4.79 Å². The molecule has 1 N–H and O–H groups in total. The van der Waals surface area contributed by atoms with Crippen molar-refractivity contribution < 1.29 is 13.9 Å². The molecule has 3 atom stereocenters. The lowest BCUT2D eigenvalue weighted by atomic mass is 9.82. The fraction of sp³-hybridized carbons (Fsp3) is 0.652. The number of piperidine rings is 2. The molecule has 30 heavy (non-hydrogen) atoms. The van der Waals surface area contributed by atoms with Crippen LogP contribution >= 0.6 is 0 Å². The Morgan fingerprint density at radius 2 is 2.07 bits per heavy atom. The molecule has 4 heterocycles. The summed E-state index contributed by atoms with van der Waals surface area (Å²) in [6, 6.07) is 7.88. The summed E-state index contributed by atoms with van der Waals surface area (Å²) in [5.74, 6) is -0.0397. The highest BCUT2D eigenvalue weighted by Crippen LogP contribution is 2.33. The van der Waals surface area contributed by atoms with Crippen LogP contribution in [0.5, 0.6) is 0 Å². The van der Waals surface area contributed by atoms with Crippen LogP contribution in [0.3, 0.4) is 0 Å². The fourth-order valence-corrected chi connectivity index (χ4v) is 5.48. The minimum absolute atomic E-state index is 0.0397. The number of hydrogen-bond acceptors (Lipinski definition) is 6. The van der Waals surface area contributed by atoms with Crippen molar-refractivity contribution in [3.63, 3.8) is 0 Å². The molecule has 0 aliphatic carbocycles. The summed E-state index contributed by atoms with van der Waals surface area (Å²) in [6.07, 6.45) is 6.81. The third-order valence-electron chi connectivity index (χ3n) is 7.27. The minimum Gasteiger partial charge on any atom is -0.423 e. The monoisotopic (exact) mass is 412 g/mol. The van der Waals surface area contributed by atoms with E-state index in [0.717, 1.165) is 25.8 Å². The Morgan fingerprint density at radius 1 is 1.27 bits per heavy atom. The Balaban J connectivity index is 1.36. The maximum Gasteiger partial charge on any atom is 0.298 e. The van der Waals surface area contributed by atoms with Gasteiger partial charge in [-0.15, -0.1) is 0 Å². The normalized spacial score (nSPS) is 29.9. The van der Waals surface area contributed by atoms with E-state index in [1.54, 1.807) is 0 Å². The first-order valence-corrected chi connectivity index (χ1v) is 11.4. The van der Waals surface area contributed by atoms with Crippen molar-refractivity contribution in [3.8, 4) is 0 Å². The molecule has 0 radical (unpaired) electrons. The first kappa shape index (κ1) is 19.8. The second-order valence-electron chi connectivity index (χ2n) is 9.02. The summed E-state index contributed by atoms with van der Waals surface area (Å²) in [5, 5.41) is 3.30. The highest BCUT2D eigenvalue weighted by Gasteiger charge is 2.36. The van der Waals surface area contributed by atoms with Crippen LogP contribution in [0.1, 0.15) is 55.8 Å². The lowest BCUT2D eigenvalue weighted by Crippen LogP contribution is -2.55. The van der Waals surface area contributed by atoms with Crippen LogP contribution in [-0.2, 0) is 4.74 Å². The van der Waals surface area contributed by atoms with Gasteiger partial charge in [0.05, 0.1) is 24.8 Å². The van der Waals surface area contributed by atoms with E-state index in [-0.39, 0.29) is 18.0 Å². The van der Waals surface area contributed by atoms with Crippen LogP contribution in [0.25, 0.3) is 11.1 Å². The number of morpholine rings is 1. The Hall–Kier alpha value is -2.12. The molecular weight excluding hydrogens is 380 g/mol. The number of oxazole rings is 1. The van der Waals surface area contributed by atoms with E-state index in [2.05, 4.69) is 29.1 Å². The van der Waals surface area contributed by atoms with Crippen LogP contribution in [-0.4, -0.2) is 66.8 Å². The summed E-state index contributed by atoms with van der Waals surface area (Å²) >= 11 is 0. The topological polar surface area (TPSA) is 70.8 Å². The molecule has 162 valence electrons. The molecule has 1 aromatic carbocycles. The number of benzene rings is 1. The number of ether oxygens (including phenoxy) is 1. The molecular formula is C23H32N4O3. The zero-order valence-corrected chi connectivity index (χ0v) is 18.0. The van der Waals surface area contributed by atoms with E-state index in [1.807, 2.05) is 18.2 Å². The van der Waals surface area contributed by atoms with Crippen LogP contribution in [0.2, 0.25) is 0 Å². The summed E-state index contributed by atoms with van der Waals surface area (Å²) in [5.41, 5.74) is 1.92. The SMILES string of the molecule is CC[C@@H]1COCCN1c1nc2c(C(=O)NC3CC4CCCC(C3)N4C)cccc2o1. The molecule has 3 saturated heterocycles. The van der Waals surface area contributed by atoms with Gasteiger partial charge < -0.3 is 24.3 Å². The number of anilines is 1. The van der Waals surface area contributed by atoms with Gasteiger partial charge in [-0.1, -0.05) is 19.4 Å². The van der Waals surface area contributed by atoms with Crippen molar-refractivity contribution in [3.05, 3.63) is 23.8 Å². The molecule has 3 fully saturated rings. The Bertz CT molecular complexity index is 899. The third-order valence-corrected chi connectivity index (χ3v) is 7.27. The van der Waals surface area contributed by atoms with Gasteiger partial charge in [-0.2, -0.15) is 4.98 Å². The number of para-hydroxylation sites is 1. The van der Waals surface area contributed by atoms with Gasteiger partial charge in [0.25, 0.3) is 11.9 Å². The van der Waals surface area contributed by atoms with Crippen molar-refractivity contribution in [2.45, 2.75) is 69.6 Å². The van der Waals surface area contributed by atoms with Crippen molar-refractivity contribution in [1.29, 1.82) is 0 Å². The molecule has 0 spiro atoms. The van der Waals surface area contributed by atoms with Crippen molar-refractivity contribution in [2.24, 2.45) is 0 Å². The van der Waals surface area contributed by atoms with Gasteiger partial charge in [-0.05, 0) is 51.3 Å². The lowest BCUT2D eigenvalue weighted by molar-refractivity contribution is 0.0463. The molecule has 7 heteroatoms. The van der Waals surface area contributed by atoms with Gasteiger partial charge in [-0.25, -0.2) is 0 Å². The molecule has 0 saturated carbocycles. The Kier molecular flexibility index (Phi) is 5.41. The summed E-state index contributed by atoms with van der Waals surface area (Å²) in [6.45, 7) is 4.25. The summed E-state index contributed by atoms with van der Waals surface area (Å²) < 4.78 is 11.7. The number of amides is 1. The highest BCUT2D eigenvalue weighted by molar-refractivity contribution is 6.04. The molecule has 1 aromatic heterocycles. The highest BCUT2D eigenvalue weighted by atomic mass is 16.5. The van der Waals surface area contributed by atoms with E-state index < -0.39 is 0 Å². The predicted octanol–water partition coefficient (Wildman–Crippen LogP) is 3.19. The number of nitrogens with one attached hydrogen (secondary N) is 1. The first-order valence-electron chi connectivity index (χ1n) is 11.4. The van der Waals surface area contributed by atoms with E-state index >= 15 is 0 Å². The van der Waals surface area contributed by atoms with Crippen molar-refractivity contribution >= 4 is 23.0 Å². The number of nitrogens with zero attached hydrogens (tertiary/aromatic N) is 3. The van der Waals surface area contributed by atoms with Crippen LogP contribution in [0, 0.1) is 0 Å². The maximum absolute atomic E-state index is 13.2. The van der Waals surface area contributed by atoms with Crippen molar-refractivity contribution in [1.82, 2.24) is 15.2 Å². The number of carbonyl (C=O) groups excluding carboxylic acids is 1. The Morgan fingerprint density at radius 3 is 2.83 bits per heavy atom.